The molecule has 2 aromatic carbocycles. The van der Waals surface area contributed by atoms with Gasteiger partial charge in [-0.05, 0) is 25.0 Å². The Balaban J connectivity index is 1.62. The van der Waals surface area contributed by atoms with E-state index < -0.39 is 0 Å². The van der Waals surface area contributed by atoms with Crippen molar-refractivity contribution >= 4 is 17.7 Å². The van der Waals surface area contributed by atoms with Crippen LogP contribution in [-0.4, -0.2) is 26.4 Å². The molecule has 0 saturated heterocycles. The van der Waals surface area contributed by atoms with Crippen LogP contribution in [0.15, 0.2) is 59.8 Å². The van der Waals surface area contributed by atoms with E-state index in [1.165, 1.54) is 11.8 Å². The van der Waals surface area contributed by atoms with E-state index in [4.69, 9.17) is 0 Å². The van der Waals surface area contributed by atoms with E-state index in [1.54, 1.807) is 0 Å². The van der Waals surface area contributed by atoms with Crippen molar-refractivity contribution in [1.29, 1.82) is 0 Å². The highest BCUT2D eigenvalue weighted by atomic mass is 32.2. The van der Waals surface area contributed by atoms with Gasteiger partial charge < -0.3 is 9.88 Å². The average Bonchev–Trinajstić information content (AvgIpc) is 3.01. The Morgan fingerprint density at radius 3 is 2.54 bits per heavy atom. The molecule has 1 aromatic heterocycles. The summed E-state index contributed by atoms with van der Waals surface area (Å²) in [5.41, 5.74) is 3.29. The molecule has 0 fully saturated rings. The minimum atomic E-state index is -0.0219. The maximum Gasteiger partial charge on any atom is 0.230 e. The van der Waals surface area contributed by atoms with Gasteiger partial charge in [0.1, 0.15) is 0 Å². The molecule has 0 bridgehead atoms. The molecule has 0 aliphatic heterocycles. The van der Waals surface area contributed by atoms with Gasteiger partial charge in [-0.1, -0.05) is 66.4 Å². The van der Waals surface area contributed by atoms with Gasteiger partial charge in [-0.2, -0.15) is 0 Å². The quantitative estimate of drug-likeness (QED) is 0.675. The highest BCUT2D eigenvalue weighted by Gasteiger charge is 2.15. The number of carbonyl (C=O) groups is 1. The third-order valence-corrected chi connectivity index (χ3v) is 5.25. The second-order valence-corrected chi connectivity index (χ2v) is 7.11. The fraction of sp³-hybridized carbons (Fsp3) is 0.250. The average molecular weight is 366 g/mol. The molecule has 3 aromatic rings. The Bertz CT molecular complexity index is 892. The molecule has 1 amide bonds. The minimum Gasteiger partial charge on any atom is -0.349 e. The van der Waals surface area contributed by atoms with Gasteiger partial charge in [0, 0.05) is 12.6 Å². The number of aromatic nitrogens is 3. The van der Waals surface area contributed by atoms with E-state index >= 15 is 0 Å². The van der Waals surface area contributed by atoms with Crippen molar-refractivity contribution in [2.45, 2.75) is 25.0 Å². The van der Waals surface area contributed by atoms with Gasteiger partial charge in [0.15, 0.2) is 11.0 Å². The standard InChI is InChI=1S/C20H22N4OS/c1-14-9-7-8-12-17(14)19-22-23-20(24(19)3)26-13-18(25)21-15(2)16-10-5-4-6-11-16/h4-12,15H,13H2,1-3H3,(H,21,25)/t15-/m1/s1. The van der Waals surface area contributed by atoms with Crippen LogP contribution in [-0.2, 0) is 11.8 Å². The third-order valence-electron chi connectivity index (χ3n) is 4.23. The first kappa shape index (κ1) is 18.2. The summed E-state index contributed by atoms with van der Waals surface area (Å²) < 4.78 is 1.93. The van der Waals surface area contributed by atoms with Crippen LogP contribution in [0.1, 0.15) is 24.1 Å². The number of thioether (sulfide) groups is 1. The number of amides is 1. The fourth-order valence-corrected chi connectivity index (χ4v) is 3.46. The number of nitrogens with one attached hydrogen (secondary N) is 1. The van der Waals surface area contributed by atoms with Gasteiger partial charge in [0.25, 0.3) is 0 Å². The van der Waals surface area contributed by atoms with Crippen LogP contribution < -0.4 is 5.32 Å². The predicted octanol–water partition coefficient (Wildman–Crippen LogP) is 3.76. The van der Waals surface area contributed by atoms with Crippen LogP contribution in [0.2, 0.25) is 0 Å². The molecule has 3 rings (SSSR count). The zero-order valence-corrected chi connectivity index (χ0v) is 16.0. The molecular weight excluding hydrogens is 344 g/mol. The Morgan fingerprint density at radius 2 is 1.81 bits per heavy atom. The van der Waals surface area contributed by atoms with Gasteiger partial charge in [-0.3, -0.25) is 4.79 Å². The number of aryl methyl sites for hydroxylation is 1. The summed E-state index contributed by atoms with van der Waals surface area (Å²) in [5.74, 6) is 1.09. The Morgan fingerprint density at radius 1 is 1.12 bits per heavy atom. The van der Waals surface area contributed by atoms with Gasteiger partial charge in [0.2, 0.25) is 5.91 Å². The first-order chi connectivity index (χ1) is 12.6. The second-order valence-electron chi connectivity index (χ2n) is 6.17. The lowest BCUT2D eigenvalue weighted by atomic mass is 10.1. The predicted molar refractivity (Wildman–Crippen MR) is 105 cm³/mol. The van der Waals surface area contributed by atoms with Crippen molar-refractivity contribution in [3.8, 4) is 11.4 Å². The largest absolute Gasteiger partial charge is 0.349 e. The molecule has 1 atom stereocenters. The number of carbonyl (C=O) groups excluding carboxylic acids is 1. The second kappa shape index (κ2) is 8.19. The summed E-state index contributed by atoms with van der Waals surface area (Å²) in [5, 5.41) is 12.3. The number of rotatable bonds is 6. The first-order valence-electron chi connectivity index (χ1n) is 8.48. The molecule has 1 N–H and O–H groups in total. The number of benzene rings is 2. The monoisotopic (exact) mass is 366 g/mol. The maximum absolute atomic E-state index is 12.3. The zero-order chi connectivity index (χ0) is 18.5. The van der Waals surface area contributed by atoms with Crippen molar-refractivity contribution in [1.82, 2.24) is 20.1 Å². The molecule has 6 heteroatoms. The van der Waals surface area contributed by atoms with E-state index in [-0.39, 0.29) is 11.9 Å². The molecule has 0 unspecified atom stereocenters. The fourth-order valence-electron chi connectivity index (χ4n) is 2.74. The summed E-state index contributed by atoms with van der Waals surface area (Å²) in [6.07, 6.45) is 0. The van der Waals surface area contributed by atoms with Crippen LogP contribution in [0.3, 0.4) is 0 Å². The molecule has 5 nitrogen and oxygen atoms in total. The van der Waals surface area contributed by atoms with Crippen molar-refractivity contribution in [3.63, 3.8) is 0 Å². The summed E-state index contributed by atoms with van der Waals surface area (Å²) >= 11 is 1.39. The Labute approximate surface area is 157 Å². The van der Waals surface area contributed by atoms with Gasteiger partial charge in [-0.25, -0.2) is 0 Å². The van der Waals surface area contributed by atoms with Crippen LogP contribution >= 0.6 is 11.8 Å². The van der Waals surface area contributed by atoms with E-state index in [0.717, 1.165) is 27.7 Å². The molecule has 0 radical (unpaired) electrons. The van der Waals surface area contributed by atoms with Crippen LogP contribution in [0.5, 0.6) is 0 Å². The number of hydrogen-bond donors (Lipinski definition) is 1. The first-order valence-corrected chi connectivity index (χ1v) is 9.47. The topological polar surface area (TPSA) is 59.8 Å². The Kier molecular flexibility index (Phi) is 5.73. The third kappa shape index (κ3) is 4.14. The molecule has 0 aliphatic carbocycles. The van der Waals surface area contributed by atoms with E-state index in [1.807, 2.05) is 67.1 Å². The summed E-state index contributed by atoms with van der Waals surface area (Å²) in [6, 6.07) is 18.0. The van der Waals surface area contributed by atoms with Crippen molar-refractivity contribution in [2.75, 3.05) is 5.75 Å². The zero-order valence-electron chi connectivity index (χ0n) is 15.1. The lowest BCUT2D eigenvalue weighted by Gasteiger charge is -2.14. The molecule has 1 heterocycles. The van der Waals surface area contributed by atoms with Gasteiger partial charge in [-0.15, -0.1) is 10.2 Å². The molecule has 0 aliphatic rings. The van der Waals surface area contributed by atoms with E-state index in [0.29, 0.717) is 5.75 Å². The molecule has 0 spiro atoms. The number of hydrogen-bond acceptors (Lipinski definition) is 4. The smallest absolute Gasteiger partial charge is 0.230 e. The minimum absolute atomic E-state index is 0.0215. The van der Waals surface area contributed by atoms with E-state index in [9.17, 15) is 4.79 Å². The summed E-state index contributed by atoms with van der Waals surface area (Å²) in [6.45, 7) is 4.03. The van der Waals surface area contributed by atoms with Crippen LogP contribution in [0, 0.1) is 6.92 Å². The lowest BCUT2D eigenvalue weighted by Crippen LogP contribution is -2.28. The highest BCUT2D eigenvalue weighted by Crippen LogP contribution is 2.25. The van der Waals surface area contributed by atoms with Crippen molar-refractivity contribution in [3.05, 3.63) is 65.7 Å². The number of nitrogens with zero attached hydrogens (tertiary/aromatic N) is 3. The van der Waals surface area contributed by atoms with E-state index in [2.05, 4.69) is 28.5 Å². The molecule has 0 saturated carbocycles. The molecular formula is C20H22N4OS. The summed E-state index contributed by atoms with van der Waals surface area (Å²) in [4.78, 5) is 12.3. The Hall–Kier alpha value is -2.60. The van der Waals surface area contributed by atoms with Crippen molar-refractivity contribution in [2.24, 2.45) is 7.05 Å². The molecule has 26 heavy (non-hydrogen) atoms. The maximum atomic E-state index is 12.3. The lowest BCUT2D eigenvalue weighted by molar-refractivity contribution is -0.119. The van der Waals surface area contributed by atoms with Crippen LogP contribution in [0.25, 0.3) is 11.4 Å². The normalized spacial score (nSPS) is 12.0. The SMILES string of the molecule is Cc1ccccc1-c1nnc(SCC(=O)N[C@H](C)c2ccccc2)n1C. The van der Waals surface area contributed by atoms with Crippen LogP contribution in [0.4, 0.5) is 0 Å². The highest BCUT2D eigenvalue weighted by molar-refractivity contribution is 7.99. The van der Waals surface area contributed by atoms with Crippen molar-refractivity contribution < 1.29 is 4.79 Å². The van der Waals surface area contributed by atoms with Gasteiger partial charge >= 0.3 is 0 Å². The van der Waals surface area contributed by atoms with Gasteiger partial charge in [0.05, 0.1) is 11.8 Å². The summed E-state index contributed by atoms with van der Waals surface area (Å²) in [7, 11) is 1.93. The molecule has 134 valence electrons.